The summed E-state index contributed by atoms with van der Waals surface area (Å²) in [5.41, 5.74) is 0.946. The highest BCUT2D eigenvalue weighted by Gasteiger charge is 2.11. The van der Waals surface area contributed by atoms with Crippen molar-refractivity contribution in [2.24, 2.45) is 0 Å². The molecule has 0 saturated carbocycles. The van der Waals surface area contributed by atoms with Crippen LogP contribution in [-0.2, 0) is 6.42 Å². The van der Waals surface area contributed by atoms with Crippen molar-refractivity contribution in [1.82, 2.24) is 0 Å². The molecule has 0 aromatic heterocycles. The van der Waals surface area contributed by atoms with Crippen LogP contribution in [0.2, 0.25) is 0 Å². The number of thioether (sulfide) groups is 1. The molecule has 4 heteroatoms. The van der Waals surface area contributed by atoms with Crippen LogP contribution in [0.4, 0.5) is 4.79 Å². The SMILES string of the molecule is C=CCSCCc1c(OC(=O)O)ccc2ccccc12. The summed E-state index contributed by atoms with van der Waals surface area (Å²) in [5.74, 6) is 2.21. The lowest BCUT2D eigenvalue weighted by atomic mass is 10.0. The smallest absolute Gasteiger partial charge is 0.449 e. The maximum Gasteiger partial charge on any atom is 0.511 e. The highest BCUT2D eigenvalue weighted by atomic mass is 32.2. The molecule has 3 nitrogen and oxygen atoms in total. The zero-order valence-corrected chi connectivity index (χ0v) is 11.9. The van der Waals surface area contributed by atoms with E-state index in [1.165, 1.54) is 0 Å². The molecule has 0 amide bonds. The van der Waals surface area contributed by atoms with Crippen LogP contribution in [0.1, 0.15) is 5.56 Å². The van der Waals surface area contributed by atoms with Gasteiger partial charge in [-0.15, -0.1) is 6.58 Å². The van der Waals surface area contributed by atoms with E-state index in [1.54, 1.807) is 17.8 Å². The van der Waals surface area contributed by atoms with Crippen LogP contribution < -0.4 is 4.74 Å². The Bertz CT molecular complexity index is 622. The number of benzene rings is 2. The molecule has 0 spiro atoms. The van der Waals surface area contributed by atoms with E-state index < -0.39 is 6.16 Å². The molecule has 104 valence electrons. The van der Waals surface area contributed by atoms with E-state index in [0.29, 0.717) is 5.75 Å². The van der Waals surface area contributed by atoms with Gasteiger partial charge in [-0.2, -0.15) is 11.8 Å². The van der Waals surface area contributed by atoms with Crippen molar-refractivity contribution < 1.29 is 14.6 Å². The summed E-state index contributed by atoms with van der Waals surface area (Å²) in [5, 5.41) is 11.0. The Morgan fingerprint density at radius 3 is 2.85 bits per heavy atom. The second-order valence-electron chi connectivity index (χ2n) is 4.24. The van der Waals surface area contributed by atoms with Gasteiger partial charge in [-0.05, 0) is 29.0 Å². The number of hydrogen-bond donors (Lipinski definition) is 1. The van der Waals surface area contributed by atoms with Gasteiger partial charge in [0, 0.05) is 11.3 Å². The Morgan fingerprint density at radius 2 is 2.10 bits per heavy atom. The van der Waals surface area contributed by atoms with E-state index in [0.717, 1.165) is 34.3 Å². The predicted octanol–water partition coefficient (Wildman–Crippen LogP) is 4.36. The van der Waals surface area contributed by atoms with Crippen molar-refractivity contribution in [1.29, 1.82) is 0 Å². The van der Waals surface area contributed by atoms with Gasteiger partial charge in [-0.25, -0.2) is 4.79 Å². The van der Waals surface area contributed by atoms with Crippen molar-refractivity contribution in [3.8, 4) is 5.75 Å². The molecule has 0 radical (unpaired) electrons. The summed E-state index contributed by atoms with van der Waals surface area (Å²) in [6.45, 7) is 3.69. The monoisotopic (exact) mass is 288 g/mol. The van der Waals surface area contributed by atoms with E-state index >= 15 is 0 Å². The van der Waals surface area contributed by atoms with E-state index in [-0.39, 0.29) is 0 Å². The molecule has 0 saturated heterocycles. The highest BCUT2D eigenvalue weighted by molar-refractivity contribution is 7.99. The maximum atomic E-state index is 10.8. The van der Waals surface area contributed by atoms with Crippen molar-refractivity contribution in [3.05, 3.63) is 54.6 Å². The van der Waals surface area contributed by atoms with Crippen LogP contribution in [0.5, 0.6) is 5.75 Å². The summed E-state index contributed by atoms with van der Waals surface area (Å²) in [6, 6.07) is 11.5. The summed E-state index contributed by atoms with van der Waals surface area (Å²) in [7, 11) is 0. The first-order valence-electron chi connectivity index (χ1n) is 6.32. The number of carboxylic acid groups (broad SMARTS) is 1. The molecule has 20 heavy (non-hydrogen) atoms. The van der Waals surface area contributed by atoms with Crippen LogP contribution >= 0.6 is 11.8 Å². The van der Waals surface area contributed by atoms with Gasteiger partial charge in [-0.3, -0.25) is 0 Å². The van der Waals surface area contributed by atoms with Gasteiger partial charge < -0.3 is 9.84 Å². The average Bonchev–Trinajstić information content (AvgIpc) is 2.44. The molecule has 0 bridgehead atoms. The molecule has 0 aliphatic heterocycles. The summed E-state index contributed by atoms with van der Waals surface area (Å²) >= 11 is 1.76. The first-order valence-corrected chi connectivity index (χ1v) is 7.48. The zero-order valence-electron chi connectivity index (χ0n) is 11.0. The van der Waals surface area contributed by atoms with Crippen molar-refractivity contribution in [3.63, 3.8) is 0 Å². The van der Waals surface area contributed by atoms with Crippen LogP contribution in [0.3, 0.4) is 0 Å². The lowest BCUT2D eigenvalue weighted by Gasteiger charge is -2.11. The lowest BCUT2D eigenvalue weighted by Crippen LogP contribution is -2.06. The molecular weight excluding hydrogens is 272 g/mol. The highest BCUT2D eigenvalue weighted by Crippen LogP contribution is 2.29. The van der Waals surface area contributed by atoms with Crippen molar-refractivity contribution >= 4 is 28.7 Å². The Balaban J connectivity index is 2.33. The van der Waals surface area contributed by atoms with Gasteiger partial charge >= 0.3 is 6.16 Å². The third kappa shape index (κ3) is 3.54. The van der Waals surface area contributed by atoms with Gasteiger partial charge in [0.15, 0.2) is 0 Å². The Kier molecular flexibility index (Phi) is 5.07. The Hall–Kier alpha value is -1.94. The molecule has 0 aliphatic rings. The largest absolute Gasteiger partial charge is 0.511 e. The predicted molar refractivity (Wildman–Crippen MR) is 83.8 cm³/mol. The number of fused-ring (bicyclic) bond motifs is 1. The number of carbonyl (C=O) groups is 1. The van der Waals surface area contributed by atoms with Crippen LogP contribution in [0.25, 0.3) is 10.8 Å². The van der Waals surface area contributed by atoms with Gasteiger partial charge in [0.1, 0.15) is 5.75 Å². The molecule has 2 aromatic carbocycles. The molecule has 0 heterocycles. The third-order valence-corrected chi connectivity index (χ3v) is 3.89. The van der Waals surface area contributed by atoms with E-state index in [1.807, 2.05) is 36.4 Å². The summed E-state index contributed by atoms with van der Waals surface area (Å²) in [6.07, 6.45) is 1.35. The fraction of sp³-hybridized carbons (Fsp3) is 0.188. The minimum atomic E-state index is -1.28. The molecule has 1 N–H and O–H groups in total. The fourth-order valence-corrected chi connectivity index (χ4v) is 2.79. The molecule has 2 aromatic rings. The minimum absolute atomic E-state index is 0.426. The normalized spacial score (nSPS) is 10.4. The van der Waals surface area contributed by atoms with E-state index in [4.69, 9.17) is 9.84 Å². The van der Waals surface area contributed by atoms with Gasteiger partial charge in [0.05, 0.1) is 0 Å². The molecular formula is C16H16O3S. The second-order valence-corrected chi connectivity index (χ2v) is 5.39. The first-order chi connectivity index (χ1) is 9.72. The van der Waals surface area contributed by atoms with Gasteiger partial charge in [0.25, 0.3) is 0 Å². The number of rotatable bonds is 6. The summed E-state index contributed by atoms with van der Waals surface area (Å²) < 4.78 is 4.90. The van der Waals surface area contributed by atoms with Crippen molar-refractivity contribution in [2.75, 3.05) is 11.5 Å². The first kappa shape index (κ1) is 14.5. The average molecular weight is 288 g/mol. The third-order valence-electron chi connectivity index (χ3n) is 2.93. The Morgan fingerprint density at radius 1 is 1.30 bits per heavy atom. The number of ether oxygens (including phenoxy) is 1. The van der Waals surface area contributed by atoms with Crippen LogP contribution in [0, 0.1) is 0 Å². The van der Waals surface area contributed by atoms with Crippen LogP contribution in [0.15, 0.2) is 49.1 Å². The molecule has 0 unspecified atom stereocenters. The minimum Gasteiger partial charge on any atom is -0.449 e. The lowest BCUT2D eigenvalue weighted by molar-refractivity contribution is 0.144. The topological polar surface area (TPSA) is 46.5 Å². The van der Waals surface area contributed by atoms with Gasteiger partial charge in [-0.1, -0.05) is 36.4 Å². The quantitative estimate of drug-likeness (QED) is 0.371. The number of aryl methyl sites for hydroxylation is 1. The van der Waals surface area contributed by atoms with E-state index in [2.05, 4.69) is 6.58 Å². The molecule has 0 atom stereocenters. The van der Waals surface area contributed by atoms with Gasteiger partial charge in [0.2, 0.25) is 0 Å². The van der Waals surface area contributed by atoms with Crippen LogP contribution in [-0.4, -0.2) is 22.8 Å². The maximum absolute atomic E-state index is 10.8. The van der Waals surface area contributed by atoms with E-state index in [9.17, 15) is 4.79 Å². The standard InChI is InChI=1S/C16H16O3S/c1-2-10-20-11-9-14-13-6-4-3-5-12(13)7-8-15(14)19-16(17)18/h2-8H,1,9-11H2,(H,17,18). The van der Waals surface area contributed by atoms with Crippen molar-refractivity contribution in [2.45, 2.75) is 6.42 Å². The molecule has 0 aliphatic carbocycles. The number of hydrogen-bond acceptors (Lipinski definition) is 3. The summed E-state index contributed by atoms with van der Waals surface area (Å²) in [4.78, 5) is 10.8. The molecule has 0 fully saturated rings. The molecule has 2 rings (SSSR count). The Labute approximate surface area is 122 Å². The fourth-order valence-electron chi connectivity index (χ4n) is 2.10. The second kappa shape index (κ2) is 7.01. The zero-order chi connectivity index (χ0) is 14.4.